The molecule has 1 aliphatic rings. The summed E-state index contributed by atoms with van der Waals surface area (Å²) in [6.45, 7) is 9.96. The van der Waals surface area contributed by atoms with Gasteiger partial charge in [-0.3, -0.25) is 4.90 Å². The third-order valence-corrected chi connectivity index (χ3v) is 4.33. The molecule has 20 heavy (non-hydrogen) atoms. The summed E-state index contributed by atoms with van der Waals surface area (Å²) in [7, 11) is 1.91. The van der Waals surface area contributed by atoms with Crippen molar-refractivity contribution in [1.29, 1.82) is 0 Å². The summed E-state index contributed by atoms with van der Waals surface area (Å²) in [5.41, 5.74) is 1.04. The second-order valence-corrected chi connectivity index (χ2v) is 6.27. The first kappa shape index (κ1) is 15.2. The van der Waals surface area contributed by atoms with Crippen molar-refractivity contribution < 1.29 is 0 Å². The molecule has 4 nitrogen and oxygen atoms in total. The fourth-order valence-electron chi connectivity index (χ4n) is 3.04. The Morgan fingerprint density at radius 1 is 1.30 bits per heavy atom. The first-order chi connectivity index (χ1) is 9.58. The van der Waals surface area contributed by atoms with Gasteiger partial charge < -0.3 is 5.32 Å². The highest BCUT2D eigenvalue weighted by Gasteiger charge is 2.20. The predicted molar refractivity (Wildman–Crippen MR) is 83.8 cm³/mol. The van der Waals surface area contributed by atoms with Crippen LogP contribution in [0.3, 0.4) is 0 Å². The largest absolute Gasteiger partial charge is 0.373 e. The first-order valence-corrected chi connectivity index (χ1v) is 7.83. The SMILES string of the molecule is CNc1cc(C)nc(CN2CCCC(C(C)C)CC2)n1. The number of hydrogen-bond acceptors (Lipinski definition) is 4. The minimum Gasteiger partial charge on any atom is -0.373 e. The zero-order valence-electron chi connectivity index (χ0n) is 13.3. The van der Waals surface area contributed by atoms with Crippen LogP contribution in [-0.4, -0.2) is 35.0 Å². The van der Waals surface area contributed by atoms with Gasteiger partial charge in [-0.1, -0.05) is 13.8 Å². The Morgan fingerprint density at radius 2 is 2.10 bits per heavy atom. The number of aryl methyl sites for hydroxylation is 1. The molecule has 1 saturated heterocycles. The van der Waals surface area contributed by atoms with E-state index in [9.17, 15) is 0 Å². The van der Waals surface area contributed by atoms with Crippen LogP contribution in [0.4, 0.5) is 5.82 Å². The molecule has 1 atom stereocenters. The minimum absolute atomic E-state index is 0.807. The smallest absolute Gasteiger partial charge is 0.144 e. The van der Waals surface area contributed by atoms with E-state index in [4.69, 9.17) is 0 Å². The Kier molecular flexibility index (Phi) is 5.35. The van der Waals surface area contributed by atoms with Crippen molar-refractivity contribution in [1.82, 2.24) is 14.9 Å². The van der Waals surface area contributed by atoms with E-state index in [0.717, 1.165) is 35.7 Å². The molecule has 1 N–H and O–H groups in total. The number of hydrogen-bond donors (Lipinski definition) is 1. The first-order valence-electron chi connectivity index (χ1n) is 7.83. The number of likely N-dealkylation sites (tertiary alicyclic amines) is 1. The molecular weight excluding hydrogens is 248 g/mol. The number of nitrogens with one attached hydrogen (secondary N) is 1. The lowest BCUT2D eigenvalue weighted by Gasteiger charge is -2.20. The molecule has 0 aliphatic carbocycles. The van der Waals surface area contributed by atoms with Crippen molar-refractivity contribution in [2.24, 2.45) is 11.8 Å². The van der Waals surface area contributed by atoms with Crippen molar-refractivity contribution in [2.45, 2.75) is 46.6 Å². The molecule has 1 aliphatic heterocycles. The van der Waals surface area contributed by atoms with Gasteiger partial charge in [-0.05, 0) is 51.1 Å². The van der Waals surface area contributed by atoms with Crippen LogP contribution < -0.4 is 5.32 Å². The van der Waals surface area contributed by atoms with Crippen molar-refractivity contribution >= 4 is 5.82 Å². The molecule has 4 heteroatoms. The molecule has 1 aromatic heterocycles. The predicted octanol–water partition coefficient (Wildman–Crippen LogP) is 3.08. The number of nitrogens with zero attached hydrogens (tertiary/aromatic N) is 3. The zero-order chi connectivity index (χ0) is 14.5. The molecule has 0 spiro atoms. The second-order valence-electron chi connectivity index (χ2n) is 6.27. The van der Waals surface area contributed by atoms with Crippen molar-refractivity contribution in [2.75, 3.05) is 25.5 Å². The van der Waals surface area contributed by atoms with Crippen LogP contribution >= 0.6 is 0 Å². The van der Waals surface area contributed by atoms with Gasteiger partial charge in [0.15, 0.2) is 0 Å². The lowest BCUT2D eigenvalue weighted by Crippen LogP contribution is -2.26. The highest BCUT2D eigenvalue weighted by atomic mass is 15.2. The molecule has 0 saturated carbocycles. The van der Waals surface area contributed by atoms with Gasteiger partial charge in [0.25, 0.3) is 0 Å². The summed E-state index contributed by atoms with van der Waals surface area (Å²) in [6, 6.07) is 1.99. The molecule has 0 bridgehead atoms. The van der Waals surface area contributed by atoms with Gasteiger partial charge in [0.2, 0.25) is 0 Å². The van der Waals surface area contributed by atoms with E-state index in [-0.39, 0.29) is 0 Å². The molecular formula is C16H28N4. The average molecular weight is 276 g/mol. The number of rotatable bonds is 4. The minimum atomic E-state index is 0.807. The summed E-state index contributed by atoms with van der Waals surface area (Å²) in [6.07, 6.45) is 3.97. The van der Waals surface area contributed by atoms with E-state index >= 15 is 0 Å². The summed E-state index contributed by atoms with van der Waals surface area (Å²) >= 11 is 0. The van der Waals surface area contributed by atoms with Gasteiger partial charge in [0.1, 0.15) is 11.6 Å². The van der Waals surface area contributed by atoms with E-state index in [1.807, 2.05) is 20.0 Å². The maximum absolute atomic E-state index is 4.57. The Balaban J connectivity index is 1.98. The van der Waals surface area contributed by atoms with Gasteiger partial charge in [-0.15, -0.1) is 0 Å². The third kappa shape index (κ3) is 4.17. The maximum Gasteiger partial charge on any atom is 0.144 e. The van der Waals surface area contributed by atoms with Crippen molar-refractivity contribution in [3.8, 4) is 0 Å². The Morgan fingerprint density at radius 3 is 2.80 bits per heavy atom. The van der Waals surface area contributed by atoms with E-state index in [1.54, 1.807) is 0 Å². The Hall–Kier alpha value is -1.16. The fraction of sp³-hybridized carbons (Fsp3) is 0.750. The molecule has 2 rings (SSSR count). The van der Waals surface area contributed by atoms with Crippen molar-refractivity contribution in [3.05, 3.63) is 17.6 Å². The maximum atomic E-state index is 4.57. The normalized spacial score (nSPS) is 20.9. The molecule has 2 heterocycles. The topological polar surface area (TPSA) is 41.1 Å². The van der Waals surface area contributed by atoms with E-state index in [1.165, 1.54) is 32.4 Å². The molecule has 1 unspecified atom stereocenters. The van der Waals surface area contributed by atoms with Crippen molar-refractivity contribution in [3.63, 3.8) is 0 Å². The second kappa shape index (κ2) is 7.02. The van der Waals surface area contributed by atoms with E-state index < -0.39 is 0 Å². The van der Waals surface area contributed by atoms with Crippen LogP contribution in [0, 0.1) is 18.8 Å². The highest BCUT2D eigenvalue weighted by Crippen LogP contribution is 2.25. The van der Waals surface area contributed by atoms with Gasteiger partial charge in [0, 0.05) is 18.8 Å². The Bertz CT molecular complexity index is 430. The number of anilines is 1. The molecule has 0 radical (unpaired) electrons. The molecule has 0 aromatic carbocycles. The molecule has 0 amide bonds. The standard InChI is InChI=1S/C16H28N4/c1-12(2)14-6-5-8-20(9-7-14)11-16-18-13(3)10-15(17-4)19-16/h10,12,14H,5-9,11H2,1-4H3,(H,17,18,19). The van der Waals surface area contributed by atoms with Gasteiger partial charge in [-0.25, -0.2) is 9.97 Å². The van der Waals surface area contributed by atoms with Crippen LogP contribution in [0.25, 0.3) is 0 Å². The summed E-state index contributed by atoms with van der Waals surface area (Å²) < 4.78 is 0. The third-order valence-electron chi connectivity index (χ3n) is 4.33. The van der Waals surface area contributed by atoms with Crippen LogP contribution in [0.15, 0.2) is 6.07 Å². The van der Waals surface area contributed by atoms with Crippen LogP contribution in [0.5, 0.6) is 0 Å². The van der Waals surface area contributed by atoms with Crippen LogP contribution in [0.2, 0.25) is 0 Å². The quantitative estimate of drug-likeness (QED) is 0.917. The summed E-state index contributed by atoms with van der Waals surface area (Å²) in [4.78, 5) is 11.6. The Labute approximate surface area is 123 Å². The lowest BCUT2D eigenvalue weighted by molar-refractivity contribution is 0.259. The van der Waals surface area contributed by atoms with Crippen LogP contribution in [0.1, 0.15) is 44.6 Å². The van der Waals surface area contributed by atoms with E-state index in [2.05, 4.69) is 34.0 Å². The lowest BCUT2D eigenvalue weighted by atomic mass is 9.89. The van der Waals surface area contributed by atoms with Gasteiger partial charge in [0.05, 0.1) is 6.54 Å². The summed E-state index contributed by atoms with van der Waals surface area (Å²) in [5, 5.41) is 3.11. The van der Waals surface area contributed by atoms with E-state index in [0.29, 0.717) is 0 Å². The van der Waals surface area contributed by atoms with Gasteiger partial charge in [-0.2, -0.15) is 0 Å². The number of aromatic nitrogens is 2. The molecule has 1 aromatic rings. The average Bonchev–Trinajstić information content (AvgIpc) is 2.63. The molecule has 1 fully saturated rings. The fourth-order valence-corrected chi connectivity index (χ4v) is 3.04. The monoisotopic (exact) mass is 276 g/mol. The van der Waals surface area contributed by atoms with Gasteiger partial charge >= 0.3 is 0 Å². The summed E-state index contributed by atoms with van der Waals surface area (Å²) in [5.74, 6) is 3.55. The molecule has 112 valence electrons. The van der Waals surface area contributed by atoms with Crippen LogP contribution in [-0.2, 0) is 6.54 Å². The highest BCUT2D eigenvalue weighted by molar-refractivity contribution is 5.34. The zero-order valence-corrected chi connectivity index (χ0v) is 13.3.